The second-order valence-corrected chi connectivity index (χ2v) is 8.03. The van der Waals surface area contributed by atoms with Crippen molar-refractivity contribution in [3.8, 4) is 0 Å². The normalized spacial score (nSPS) is 11.0. The van der Waals surface area contributed by atoms with Crippen LogP contribution in [-0.4, -0.2) is 39.7 Å². The van der Waals surface area contributed by atoms with E-state index >= 15 is 0 Å². The van der Waals surface area contributed by atoms with E-state index in [-0.39, 0.29) is 17.3 Å². The molecule has 2 rings (SSSR count). The number of hydrogen-bond donors (Lipinski definition) is 1. The van der Waals surface area contributed by atoms with E-state index in [1.165, 1.54) is 30.3 Å². The summed E-state index contributed by atoms with van der Waals surface area (Å²) in [5, 5.41) is 2.27. The van der Waals surface area contributed by atoms with E-state index in [0.29, 0.717) is 11.3 Å². The molecule has 0 radical (unpaired) electrons. The van der Waals surface area contributed by atoms with Crippen LogP contribution >= 0.6 is 11.6 Å². The van der Waals surface area contributed by atoms with Crippen molar-refractivity contribution in [1.29, 1.82) is 0 Å². The highest BCUT2D eigenvalue weighted by Crippen LogP contribution is 2.24. The summed E-state index contributed by atoms with van der Waals surface area (Å²) in [4.78, 5) is 23.9. The first-order valence-electron chi connectivity index (χ1n) is 8.11. The zero-order valence-corrected chi connectivity index (χ0v) is 16.7. The Labute approximate surface area is 167 Å². The Kier molecular flexibility index (Phi) is 6.98. The van der Waals surface area contributed by atoms with Gasteiger partial charge in [0.2, 0.25) is 15.9 Å². The zero-order valence-electron chi connectivity index (χ0n) is 15.1. The molecule has 10 heteroatoms. The number of carbonyl (C=O) groups excluding carboxylic acids is 2. The number of amides is 1. The van der Waals surface area contributed by atoms with Crippen LogP contribution in [0.4, 0.5) is 15.8 Å². The number of esters is 1. The Balaban J connectivity index is 2.14. The molecule has 0 heterocycles. The maximum Gasteiger partial charge on any atom is 0.338 e. The molecule has 1 N–H and O–H groups in total. The van der Waals surface area contributed by atoms with Gasteiger partial charge in [-0.15, -0.1) is 0 Å². The molecule has 2 aromatic rings. The summed E-state index contributed by atoms with van der Waals surface area (Å²) in [5.74, 6) is -1.82. The largest absolute Gasteiger partial charge is 0.462 e. The third kappa shape index (κ3) is 5.67. The van der Waals surface area contributed by atoms with E-state index in [2.05, 4.69) is 5.32 Å². The monoisotopic (exact) mass is 428 g/mol. The van der Waals surface area contributed by atoms with Gasteiger partial charge < -0.3 is 10.1 Å². The van der Waals surface area contributed by atoms with Crippen molar-refractivity contribution >= 4 is 44.9 Å². The summed E-state index contributed by atoms with van der Waals surface area (Å²) in [6.45, 7) is 1.39. The molecule has 0 bridgehead atoms. The van der Waals surface area contributed by atoms with Crippen LogP contribution in [0.2, 0.25) is 5.02 Å². The molecule has 0 aliphatic rings. The maximum absolute atomic E-state index is 13.3. The molecular formula is C18H18ClFN2O5S. The lowest BCUT2D eigenvalue weighted by molar-refractivity contribution is -0.114. The average Bonchev–Trinajstić information content (AvgIpc) is 2.62. The summed E-state index contributed by atoms with van der Waals surface area (Å²) >= 11 is 5.70. The lowest BCUT2D eigenvalue weighted by Crippen LogP contribution is -2.37. The van der Waals surface area contributed by atoms with Crippen molar-refractivity contribution in [3.05, 3.63) is 58.9 Å². The van der Waals surface area contributed by atoms with Crippen molar-refractivity contribution in [3.63, 3.8) is 0 Å². The van der Waals surface area contributed by atoms with Crippen LogP contribution in [0, 0.1) is 5.82 Å². The SMILES string of the molecule is CCOC(=O)c1ccc(NC(=O)CN(c2ccc(F)c(Cl)c2)S(C)(=O)=O)cc1. The fraction of sp³-hybridized carbons (Fsp3) is 0.222. The van der Waals surface area contributed by atoms with Gasteiger partial charge in [0.1, 0.15) is 12.4 Å². The summed E-state index contributed by atoms with van der Waals surface area (Å²) in [6, 6.07) is 9.28. The second-order valence-electron chi connectivity index (χ2n) is 5.71. The van der Waals surface area contributed by atoms with Crippen molar-refractivity contribution in [2.45, 2.75) is 6.92 Å². The number of rotatable bonds is 7. The van der Waals surface area contributed by atoms with E-state index in [0.717, 1.165) is 22.7 Å². The Morgan fingerprint density at radius 2 is 1.82 bits per heavy atom. The fourth-order valence-electron chi connectivity index (χ4n) is 2.28. The van der Waals surface area contributed by atoms with Crippen molar-refractivity contribution in [1.82, 2.24) is 0 Å². The minimum absolute atomic E-state index is 0.0571. The number of nitrogens with one attached hydrogen (secondary N) is 1. The van der Waals surface area contributed by atoms with E-state index < -0.39 is 34.3 Å². The third-order valence-electron chi connectivity index (χ3n) is 3.56. The predicted octanol–water partition coefficient (Wildman–Crippen LogP) is 3.06. The van der Waals surface area contributed by atoms with Gasteiger partial charge in [0.15, 0.2) is 0 Å². The highest BCUT2D eigenvalue weighted by molar-refractivity contribution is 7.92. The van der Waals surface area contributed by atoms with Crippen LogP contribution in [0.1, 0.15) is 17.3 Å². The van der Waals surface area contributed by atoms with E-state index in [4.69, 9.17) is 16.3 Å². The summed E-state index contributed by atoms with van der Waals surface area (Å²) < 4.78 is 43.1. The first-order chi connectivity index (χ1) is 13.1. The highest BCUT2D eigenvalue weighted by atomic mass is 35.5. The van der Waals surface area contributed by atoms with E-state index in [9.17, 15) is 22.4 Å². The molecule has 150 valence electrons. The van der Waals surface area contributed by atoms with Crippen LogP contribution in [-0.2, 0) is 19.6 Å². The molecule has 0 aromatic heterocycles. The van der Waals surface area contributed by atoms with Crippen molar-refractivity contribution in [2.24, 2.45) is 0 Å². The molecule has 0 atom stereocenters. The number of halogens is 2. The number of nitrogens with zero attached hydrogens (tertiary/aromatic N) is 1. The predicted molar refractivity (Wildman–Crippen MR) is 105 cm³/mol. The van der Waals surface area contributed by atoms with Gasteiger partial charge in [-0.2, -0.15) is 0 Å². The molecule has 28 heavy (non-hydrogen) atoms. The van der Waals surface area contributed by atoms with Crippen molar-refractivity contribution in [2.75, 3.05) is 29.0 Å². The molecule has 1 amide bonds. The van der Waals surface area contributed by atoms with Gasteiger partial charge in [-0.1, -0.05) is 11.6 Å². The van der Waals surface area contributed by atoms with Crippen molar-refractivity contribution < 1.29 is 27.1 Å². The molecule has 0 unspecified atom stereocenters. The molecular weight excluding hydrogens is 411 g/mol. The summed E-state index contributed by atoms with van der Waals surface area (Å²) in [5.41, 5.74) is 0.740. The average molecular weight is 429 g/mol. The van der Waals surface area contributed by atoms with Gasteiger partial charge in [0.25, 0.3) is 0 Å². The minimum atomic E-state index is -3.83. The number of sulfonamides is 1. The maximum atomic E-state index is 13.3. The van der Waals surface area contributed by atoms with Crippen LogP contribution < -0.4 is 9.62 Å². The lowest BCUT2D eigenvalue weighted by Gasteiger charge is -2.22. The Hall–Kier alpha value is -2.65. The molecule has 0 aliphatic carbocycles. The minimum Gasteiger partial charge on any atom is -0.462 e. The zero-order chi connectivity index (χ0) is 20.9. The number of ether oxygens (including phenoxy) is 1. The quantitative estimate of drug-likeness (QED) is 0.684. The van der Waals surface area contributed by atoms with Gasteiger partial charge in [-0.05, 0) is 49.4 Å². The molecule has 0 spiro atoms. The standard InChI is InChI=1S/C18H18ClFN2O5S/c1-3-27-18(24)12-4-6-13(7-5-12)21-17(23)11-22(28(2,25)26)14-8-9-16(20)15(19)10-14/h4-10H,3,11H2,1-2H3,(H,21,23). The van der Waals surface area contributed by atoms with Gasteiger partial charge in [-0.25, -0.2) is 17.6 Å². The fourth-order valence-corrected chi connectivity index (χ4v) is 3.30. The van der Waals surface area contributed by atoms with Gasteiger partial charge in [0, 0.05) is 5.69 Å². The molecule has 7 nitrogen and oxygen atoms in total. The number of anilines is 2. The number of hydrogen-bond acceptors (Lipinski definition) is 5. The second kappa shape index (κ2) is 9.03. The highest BCUT2D eigenvalue weighted by Gasteiger charge is 2.22. The number of benzene rings is 2. The molecule has 0 aliphatic heterocycles. The van der Waals surface area contributed by atoms with Crippen LogP contribution in [0.5, 0.6) is 0 Å². The molecule has 0 fully saturated rings. The van der Waals surface area contributed by atoms with E-state index in [1.807, 2.05) is 0 Å². The van der Waals surface area contributed by atoms with E-state index in [1.54, 1.807) is 6.92 Å². The van der Waals surface area contributed by atoms with Crippen LogP contribution in [0.25, 0.3) is 0 Å². The van der Waals surface area contributed by atoms with Gasteiger partial charge >= 0.3 is 5.97 Å². The Morgan fingerprint density at radius 3 is 2.36 bits per heavy atom. The summed E-state index contributed by atoms with van der Waals surface area (Å²) in [6.07, 6.45) is 0.922. The first kappa shape index (κ1) is 21.6. The third-order valence-corrected chi connectivity index (χ3v) is 4.99. The first-order valence-corrected chi connectivity index (χ1v) is 10.3. The van der Waals surface area contributed by atoms with Crippen LogP contribution in [0.15, 0.2) is 42.5 Å². The Morgan fingerprint density at radius 1 is 1.18 bits per heavy atom. The molecule has 0 saturated heterocycles. The topological polar surface area (TPSA) is 92.8 Å². The Bertz CT molecular complexity index is 980. The van der Waals surface area contributed by atoms with Crippen LogP contribution in [0.3, 0.4) is 0 Å². The van der Waals surface area contributed by atoms with Gasteiger partial charge in [-0.3, -0.25) is 9.10 Å². The number of carbonyl (C=O) groups is 2. The molecule has 2 aromatic carbocycles. The lowest BCUT2D eigenvalue weighted by atomic mass is 10.2. The van der Waals surface area contributed by atoms with Gasteiger partial charge in [0.05, 0.1) is 29.1 Å². The summed E-state index contributed by atoms with van der Waals surface area (Å²) in [7, 11) is -3.83. The smallest absolute Gasteiger partial charge is 0.338 e. The molecule has 0 saturated carbocycles.